The number of carbonyl (C=O) groups is 2. The van der Waals surface area contributed by atoms with Crippen LogP contribution in [0.5, 0.6) is 5.75 Å². The quantitative estimate of drug-likeness (QED) is 0.529. The number of nitrogens with two attached hydrogens (primary N) is 1. The average Bonchev–Trinajstić information content (AvgIpc) is 3.45. The average molecular weight is 488 g/mol. The number of imidazole rings is 1. The van der Waals surface area contributed by atoms with Crippen molar-refractivity contribution in [1.29, 1.82) is 0 Å². The highest BCUT2D eigenvalue weighted by molar-refractivity contribution is 5.96. The highest BCUT2D eigenvalue weighted by Gasteiger charge is 2.28. The van der Waals surface area contributed by atoms with Crippen LogP contribution in [0.15, 0.2) is 49.1 Å². The zero-order valence-corrected chi connectivity index (χ0v) is 19.4. The van der Waals surface area contributed by atoms with E-state index in [1.807, 2.05) is 18.5 Å². The Kier molecular flexibility index (Phi) is 8.85. The molecule has 2 atom stereocenters. The molecule has 1 aliphatic heterocycles. The van der Waals surface area contributed by atoms with Crippen LogP contribution in [0.3, 0.4) is 0 Å². The molecule has 3 N–H and O–H groups in total. The zero-order chi connectivity index (χ0) is 25.4. The van der Waals surface area contributed by atoms with E-state index in [-0.39, 0.29) is 30.1 Å². The number of hydrogen-bond donors (Lipinski definition) is 2. The van der Waals surface area contributed by atoms with Crippen molar-refractivity contribution in [3.63, 3.8) is 0 Å². The third kappa shape index (κ3) is 7.31. The number of primary amides is 1. The molecule has 2 aromatic heterocycles. The Labute approximate surface area is 201 Å². The molecule has 11 heteroatoms. The van der Waals surface area contributed by atoms with Crippen LogP contribution in [0, 0.1) is 11.6 Å². The normalized spacial score (nSPS) is 16.8. The molecule has 0 saturated carbocycles. The lowest BCUT2D eigenvalue weighted by molar-refractivity contribution is -0.126. The highest BCUT2D eigenvalue weighted by atomic mass is 19.2. The minimum absolute atomic E-state index is 0.0628. The largest absolute Gasteiger partial charge is 0.490 e. The lowest BCUT2D eigenvalue weighted by Gasteiger charge is -2.11. The van der Waals surface area contributed by atoms with Gasteiger partial charge in [0.1, 0.15) is 11.8 Å². The second-order valence-corrected chi connectivity index (χ2v) is 7.94. The van der Waals surface area contributed by atoms with E-state index in [9.17, 15) is 18.4 Å². The third-order valence-corrected chi connectivity index (χ3v) is 5.25. The van der Waals surface area contributed by atoms with Gasteiger partial charge in [0, 0.05) is 37.2 Å². The van der Waals surface area contributed by atoms with E-state index in [0.29, 0.717) is 18.5 Å². The summed E-state index contributed by atoms with van der Waals surface area (Å²) in [7, 11) is 1.87. The Morgan fingerprint density at radius 2 is 2.09 bits per heavy atom. The number of aromatic nitrogens is 3. The molecule has 186 valence electrons. The standard InChI is InChI=1S/C12H12F2N2O.C12H15N3O3/c1-16-8-15-7-9(16)5-6-17-11-4-2-3-10(13)12(11)14;1-7-2-3-10(18-7)12(17)15-8-4-5-14-9(6-8)11(13)16/h2-4,7-8H,5-6H2,1H3;4-7,10H,2-3H2,1H3,(H2,13,16)(H,14,15,17). The zero-order valence-electron chi connectivity index (χ0n) is 19.4. The molecule has 1 fully saturated rings. The first-order chi connectivity index (χ1) is 16.7. The second kappa shape index (κ2) is 12.0. The molecular weight excluding hydrogens is 460 g/mol. The van der Waals surface area contributed by atoms with Crippen molar-refractivity contribution in [2.75, 3.05) is 11.9 Å². The number of halogens is 2. The molecule has 4 rings (SSSR count). The number of rotatable bonds is 7. The van der Waals surface area contributed by atoms with Gasteiger partial charge in [-0.25, -0.2) is 9.37 Å². The van der Waals surface area contributed by atoms with Gasteiger partial charge in [0.2, 0.25) is 5.82 Å². The number of pyridine rings is 1. The van der Waals surface area contributed by atoms with Crippen molar-refractivity contribution >= 4 is 17.5 Å². The van der Waals surface area contributed by atoms with Crippen LogP contribution < -0.4 is 15.8 Å². The summed E-state index contributed by atoms with van der Waals surface area (Å²) >= 11 is 0. The molecule has 0 radical (unpaired) electrons. The number of nitrogens with zero attached hydrogens (tertiary/aromatic N) is 3. The Morgan fingerprint density at radius 1 is 1.29 bits per heavy atom. The van der Waals surface area contributed by atoms with Crippen LogP contribution in [-0.4, -0.2) is 45.2 Å². The minimum atomic E-state index is -0.947. The summed E-state index contributed by atoms with van der Waals surface area (Å²) in [5.41, 5.74) is 6.70. The molecule has 3 heterocycles. The van der Waals surface area contributed by atoms with E-state index < -0.39 is 23.6 Å². The number of ether oxygens (including phenoxy) is 2. The Hall–Kier alpha value is -3.86. The first-order valence-electron chi connectivity index (χ1n) is 11.0. The van der Waals surface area contributed by atoms with E-state index in [4.69, 9.17) is 15.2 Å². The van der Waals surface area contributed by atoms with Crippen LogP contribution in [0.25, 0.3) is 0 Å². The molecule has 1 aliphatic rings. The van der Waals surface area contributed by atoms with Gasteiger partial charge in [-0.3, -0.25) is 14.6 Å². The van der Waals surface area contributed by atoms with E-state index in [1.54, 1.807) is 18.6 Å². The summed E-state index contributed by atoms with van der Waals surface area (Å²) in [6.07, 6.45) is 6.68. The number of carbonyl (C=O) groups excluding carboxylic acids is 2. The van der Waals surface area contributed by atoms with Gasteiger partial charge in [-0.05, 0) is 44.0 Å². The monoisotopic (exact) mass is 487 g/mol. The van der Waals surface area contributed by atoms with E-state index in [2.05, 4.69) is 15.3 Å². The number of hydrogen-bond acceptors (Lipinski definition) is 6. The van der Waals surface area contributed by atoms with Gasteiger partial charge in [0.15, 0.2) is 11.6 Å². The summed E-state index contributed by atoms with van der Waals surface area (Å²) in [5.74, 6) is -2.74. The number of benzene rings is 1. The predicted octanol–water partition coefficient (Wildman–Crippen LogP) is 3.01. The van der Waals surface area contributed by atoms with E-state index >= 15 is 0 Å². The van der Waals surface area contributed by atoms with Crippen LogP contribution in [0.4, 0.5) is 14.5 Å². The van der Waals surface area contributed by atoms with Gasteiger partial charge in [0.25, 0.3) is 11.8 Å². The Balaban J connectivity index is 0.000000196. The summed E-state index contributed by atoms with van der Waals surface area (Å²) in [6.45, 7) is 2.21. The van der Waals surface area contributed by atoms with Gasteiger partial charge < -0.3 is 25.1 Å². The molecule has 0 aliphatic carbocycles. The van der Waals surface area contributed by atoms with Crippen molar-refractivity contribution in [1.82, 2.24) is 14.5 Å². The summed E-state index contributed by atoms with van der Waals surface area (Å²) in [5, 5.41) is 2.69. The maximum absolute atomic E-state index is 13.2. The first-order valence-corrected chi connectivity index (χ1v) is 11.0. The van der Waals surface area contributed by atoms with Crippen LogP contribution in [0.2, 0.25) is 0 Å². The summed E-state index contributed by atoms with van der Waals surface area (Å²) in [6, 6.07) is 6.92. The summed E-state index contributed by atoms with van der Waals surface area (Å²) < 4.78 is 38.6. The number of nitrogens with one attached hydrogen (secondary N) is 1. The SMILES string of the molecule is CC1CCC(C(=O)Nc2ccnc(C(N)=O)c2)O1.Cn1cncc1CCOc1cccc(F)c1F. The lowest BCUT2D eigenvalue weighted by Crippen LogP contribution is -2.28. The topological polar surface area (TPSA) is 121 Å². The molecular formula is C24H27F2N5O4. The fourth-order valence-electron chi connectivity index (χ4n) is 3.35. The number of amides is 2. The van der Waals surface area contributed by atoms with Gasteiger partial charge in [-0.15, -0.1) is 0 Å². The van der Waals surface area contributed by atoms with Gasteiger partial charge >= 0.3 is 0 Å². The maximum atomic E-state index is 13.2. The van der Waals surface area contributed by atoms with Crippen LogP contribution in [0.1, 0.15) is 35.9 Å². The molecule has 9 nitrogen and oxygen atoms in total. The Bertz CT molecular complexity index is 1170. The van der Waals surface area contributed by atoms with Crippen LogP contribution in [-0.2, 0) is 23.0 Å². The molecule has 1 saturated heterocycles. The van der Waals surface area contributed by atoms with E-state index in [0.717, 1.165) is 18.2 Å². The van der Waals surface area contributed by atoms with Crippen LogP contribution >= 0.6 is 0 Å². The van der Waals surface area contributed by atoms with E-state index in [1.165, 1.54) is 24.4 Å². The third-order valence-electron chi connectivity index (χ3n) is 5.25. The smallest absolute Gasteiger partial charge is 0.267 e. The molecule has 1 aromatic carbocycles. The lowest BCUT2D eigenvalue weighted by atomic mass is 10.2. The van der Waals surface area contributed by atoms with Gasteiger partial charge in [-0.1, -0.05) is 6.07 Å². The molecule has 0 spiro atoms. The molecule has 2 amide bonds. The number of aryl methyl sites for hydroxylation is 1. The summed E-state index contributed by atoms with van der Waals surface area (Å²) in [4.78, 5) is 30.6. The van der Waals surface area contributed by atoms with Crippen molar-refractivity contribution in [3.05, 3.63) is 72.1 Å². The molecule has 0 bridgehead atoms. The second-order valence-electron chi connectivity index (χ2n) is 7.94. The molecule has 2 unspecified atom stereocenters. The highest BCUT2D eigenvalue weighted by Crippen LogP contribution is 2.21. The van der Waals surface area contributed by atoms with Gasteiger partial charge in [0.05, 0.1) is 19.0 Å². The van der Waals surface area contributed by atoms with Crippen molar-refractivity contribution < 1.29 is 27.8 Å². The predicted molar refractivity (Wildman–Crippen MR) is 124 cm³/mol. The van der Waals surface area contributed by atoms with Gasteiger partial charge in [-0.2, -0.15) is 4.39 Å². The fraction of sp³-hybridized carbons (Fsp3) is 0.333. The van der Waals surface area contributed by atoms with Crippen molar-refractivity contribution in [3.8, 4) is 5.75 Å². The fourth-order valence-corrected chi connectivity index (χ4v) is 3.35. The maximum Gasteiger partial charge on any atom is 0.267 e. The first kappa shape index (κ1) is 25.8. The van der Waals surface area contributed by atoms with Crippen molar-refractivity contribution in [2.45, 2.75) is 38.4 Å². The number of anilines is 1. The molecule has 3 aromatic rings. The molecule has 35 heavy (non-hydrogen) atoms. The minimum Gasteiger partial charge on any atom is -0.490 e. The Morgan fingerprint density at radius 3 is 2.74 bits per heavy atom. The van der Waals surface area contributed by atoms with Crippen molar-refractivity contribution in [2.24, 2.45) is 12.8 Å².